The van der Waals surface area contributed by atoms with Gasteiger partial charge in [0.2, 0.25) is 0 Å². The summed E-state index contributed by atoms with van der Waals surface area (Å²) in [5.41, 5.74) is 8.62. The van der Waals surface area contributed by atoms with Crippen LogP contribution in [0.3, 0.4) is 0 Å². The molecular weight excluding hydrogens is 208 g/mol. The third-order valence-electron chi connectivity index (χ3n) is 2.25. The molecule has 0 fully saturated rings. The van der Waals surface area contributed by atoms with E-state index in [9.17, 15) is 4.21 Å². The van der Waals surface area contributed by atoms with Gasteiger partial charge in [-0.1, -0.05) is 6.92 Å². The molecule has 0 heterocycles. The fourth-order valence-corrected chi connectivity index (χ4v) is 1.86. The van der Waals surface area contributed by atoms with Crippen molar-refractivity contribution in [3.05, 3.63) is 23.8 Å². The molecule has 0 radical (unpaired) electrons. The fourth-order valence-electron chi connectivity index (χ4n) is 1.24. The number of rotatable bonds is 5. The average Bonchev–Trinajstić information content (AvgIpc) is 2.23. The molecule has 0 aliphatic heterocycles. The van der Waals surface area contributed by atoms with Gasteiger partial charge in [0, 0.05) is 40.2 Å². The molecule has 0 amide bonds. The molecule has 84 valence electrons. The minimum absolute atomic E-state index is 0.694. The Morgan fingerprint density at radius 1 is 1.47 bits per heavy atom. The van der Waals surface area contributed by atoms with Crippen LogP contribution in [0.25, 0.3) is 0 Å². The maximum absolute atomic E-state index is 11.2. The Labute approximate surface area is 93.5 Å². The van der Waals surface area contributed by atoms with Crippen molar-refractivity contribution in [1.29, 1.82) is 0 Å². The normalized spacial score (nSPS) is 12.4. The van der Waals surface area contributed by atoms with E-state index in [0.717, 1.165) is 29.2 Å². The largest absolute Gasteiger partial charge is 0.399 e. The van der Waals surface area contributed by atoms with Crippen molar-refractivity contribution in [2.75, 3.05) is 29.1 Å². The van der Waals surface area contributed by atoms with Crippen molar-refractivity contribution in [3.8, 4) is 0 Å². The summed E-state index contributed by atoms with van der Waals surface area (Å²) in [7, 11) is -0.698. The first kappa shape index (κ1) is 12.0. The van der Waals surface area contributed by atoms with Crippen molar-refractivity contribution in [3.63, 3.8) is 0 Å². The molecule has 0 aromatic heterocycles. The molecule has 3 N–H and O–H groups in total. The van der Waals surface area contributed by atoms with Crippen molar-refractivity contribution in [2.24, 2.45) is 0 Å². The van der Waals surface area contributed by atoms with Crippen LogP contribution in [0.1, 0.15) is 12.5 Å². The maximum atomic E-state index is 11.2. The number of nitrogens with one attached hydrogen (secondary N) is 1. The van der Waals surface area contributed by atoms with E-state index in [2.05, 4.69) is 5.32 Å². The zero-order valence-electron chi connectivity index (χ0n) is 9.25. The molecular formula is C11H18N2OS. The highest BCUT2D eigenvalue weighted by molar-refractivity contribution is 7.84. The molecule has 1 atom stereocenters. The van der Waals surface area contributed by atoms with E-state index in [-0.39, 0.29) is 0 Å². The van der Waals surface area contributed by atoms with Crippen LogP contribution in [-0.4, -0.2) is 22.3 Å². The van der Waals surface area contributed by atoms with Crippen molar-refractivity contribution in [2.45, 2.75) is 13.8 Å². The van der Waals surface area contributed by atoms with E-state index in [1.54, 1.807) is 0 Å². The zero-order valence-corrected chi connectivity index (χ0v) is 10.1. The second kappa shape index (κ2) is 5.75. The van der Waals surface area contributed by atoms with Crippen LogP contribution >= 0.6 is 0 Å². The molecule has 0 bridgehead atoms. The van der Waals surface area contributed by atoms with Gasteiger partial charge in [-0.25, -0.2) is 0 Å². The Hall–Kier alpha value is -1.03. The summed E-state index contributed by atoms with van der Waals surface area (Å²) in [5, 5.41) is 3.23. The summed E-state index contributed by atoms with van der Waals surface area (Å²) in [6, 6.07) is 5.83. The first-order chi connectivity index (χ1) is 7.13. The molecule has 1 unspecified atom stereocenters. The highest BCUT2D eigenvalue weighted by atomic mass is 32.2. The number of hydrogen-bond donors (Lipinski definition) is 2. The number of benzene rings is 1. The Kier molecular flexibility index (Phi) is 4.62. The summed E-state index contributed by atoms with van der Waals surface area (Å²) in [4.78, 5) is 0. The number of aryl methyl sites for hydroxylation is 1. The molecule has 0 saturated heterocycles. The first-order valence-electron chi connectivity index (χ1n) is 5.08. The second-order valence-corrected chi connectivity index (χ2v) is 5.30. The van der Waals surface area contributed by atoms with Crippen LogP contribution < -0.4 is 11.1 Å². The Balaban J connectivity index is 2.44. The summed E-state index contributed by atoms with van der Waals surface area (Å²) >= 11 is 0. The van der Waals surface area contributed by atoms with Gasteiger partial charge < -0.3 is 11.1 Å². The van der Waals surface area contributed by atoms with E-state index < -0.39 is 10.8 Å². The van der Waals surface area contributed by atoms with Gasteiger partial charge in [-0.3, -0.25) is 4.21 Å². The highest BCUT2D eigenvalue weighted by Gasteiger charge is 1.98. The van der Waals surface area contributed by atoms with E-state index in [0.29, 0.717) is 5.75 Å². The van der Waals surface area contributed by atoms with Crippen LogP contribution in [0.15, 0.2) is 18.2 Å². The van der Waals surface area contributed by atoms with Crippen LogP contribution in [-0.2, 0) is 10.8 Å². The molecule has 1 aromatic rings. The molecule has 1 aromatic carbocycles. The number of nitrogens with two attached hydrogens (primary N) is 1. The standard InChI is InChI=1S/C11H18N2OS/c1-3-15(14)7-6-13-10-4-5-11(12)9(2)8-10/h4-5,8,13H,3,6-7,12H2,1-2H3. The van der Waals surface area contributed by atoms with Gasteiger partial charge >= 0.3 is 0 Å². The van der Waals surface area contributed by atoms with Gasteiger partial charge in [-0.15, -0.1) is 0 Å². The topological polar surface area (TPSA) is 55.1 Å². The molecule has 3 nitrogen and oxygen atoms in total. The maximum Gasteiger partial charge on any atom is 0.0408 e. The lowest BCUT2D eigenvalue weighted by Crippen LogP contribution is -2.12. The van der Waals surface area contributed by atoms with E-state index >= 15 is 0 Å². The van der Waals surface area contributed by atoms with Gasteiger partial charge in [-0.2, -0.15) is 0 Å². The van der Waals surface area contributed by atoms with Gasteiger partial charge in [0.05, 0.1) is 0 Å². The quantitative estimate of drug-likeness (QED) is 0.752. The van der Waals surface area contributed by atoms with E-state index in [4.69, 9.17) is 5.73 Å². The SMILES string of the molecule is CCS(=O)CCNc1ccc(N)c(C)c1. The van der Waals surface area contributed by atoms with E-state index in [1.165, 1.54) is 0 Å². The van der Waals surface area contributed by atoms with Crippen molar-refractivity contribution in [1.82, 2.24) is 0 Å². The van der Waals surface area contributed by atoms with E-state index in [1.807, 2.05) is 32.0 Å². The molecule has 0 saturated carbocycles. The lowest BCUT2D eigenvalue weighted by atomic mass is 10.2. The molecule has 1 rings (SSSR count). The lowest BCUT2D eigenvalue weighted by molar-refractivity contribution is 0.684. The van der Waals surface area contributed by atoms with Gasteiger partial charge in [-0.05, 0) is 30.7 Å². The van der Waals surface area contributed by atoms with Crippen LogP contribution in [0.2, 0.25) is 0 Å². The average molecular weight is 226 g/mol. The minimum atomic E-state index is -0.698. The summed E-state index contributed by atoms with van der Waals surface area (Å²) in [6.07, 6.45) is 0. The van der Waals surface area contributed by atoms with Gasteiger partial charge in [0.15, 0.2) is 0 Å². The third kappa shape index (κ3) is 3.91. The monoisotopic (exact) mass is 226 g/mol. The second-order valence-electron chi connectivity index (χ2n) is 3.43. The predicted octanol–water partition coefficient (Wildman–Crippen LogP) is 1.76. The van der Waals surface area contributed by atoms with Crippen molar-refractivity contribution >= 4 is 22.2 Å². The predicted molar refractivity (Wildman–Crippen MR) is 67.6 cm³/mol. The molecule has 15 heavy (non-hydrogen) atoms. The first-order valence-corrected chi connectivity index (χ1v) is 6.57. The smallest absolute Gasteiger partial charge is 0.0408 e. The lowest BCUT2D eigenvalue weighted by Gasteiger charge is -2.07. The number of nitrogen functional groups attached to an aromatic ring is 1. The summed E-state index contributed by atoms with van der Waals surface area (Å²) in [5.74, 6) is 1.42. The minimum Gasteiger partial charge on any atom is -0.399 e. The number of anilines is 2. The zero-order chi connectivity index (χ0) is 11.3. The molecule has 0 spiro atoms. The number of hydrogen-bond acceptors (Lipinski definition) is 3. The molecule has 0 aliphatic carbocycles. The van der Waals surface area contributed by atoms with Gasteiger partial charge in [0.1, 0.15) is 0 Å². The summed E-state index contributed by atoms with van der Waals surface area (Å²) < 4.78 is 11.2. The Morgan fingerprint density at radius 3 is 2.80 bits per heavy atom. The summed E-state index contributed by atoms with van der Waals surface area (Å²) in [6.45, 7) is 4.65. The van der Waals surface area contributed by atoms with Crippen molar-refractivity contribution < 1.29 is 4.21 Å². The Bertz CT molecular complexity index is 352. The van der Waals surface area contributed by atoms with Crippen LogP contribution in [0.4, 0.5) is 11.4 Å². The molecule has 4 heteroatoms. The molecule has 0 aliphatic rings. The Morgan fingerprint density at radius 2 is 2.20 bits per heavy atom. The van der Waals surface area contributed by atoms with Crippen LogP contribution in [0.5, 0.6) is 0 Å². The fraction of sp³-hybridized carbons (Fsp3) is 0.455. The van der Waals surface area contributed by atoms with Crippen LogP contribution in [0, 0.1) is 6.92 Å². The van der Waals surface area contributed by atoms with Gasteiger partial charge in [0.25, 0.3) is 0 Å². The highest BCUT2D eigenvalue weighted by Crippen LogP contribution is 2.16. The third-order valence-corrected chi connectivity index (χ3v) is 3.55.